The number of H-pyrrole nitrogens is 1. The summed E-state index contributed by atoms with van der Waals surface area (Å²) < 4.78 is 0. The fourth-order valence-electron chi connectivity index (χ4n) is 4.44. The Morgan fingerprint density at radius 1 is 1.24 bits per heavy atom. The van der Waals surface area contributed by atoms with Gasteiger partial charge in [-0.15, -0.1) is 0 Å². The molecule has 2 fully saturated rings. The molecule has 25 heavy (non-hydrogen) atoms. The minimum atomic E-state index is 0.121. The Balaban J connectivity index is 1.52. The van der Waals surface area contributed by atoms with E-state index in [2.05, 4.69) is 20.9 Å². The highest BCUT2D eigenvalue weighted by molar-refractivity contribution is 5.82. The lowest BCUT2D eigenvalue weighted by Gasteiger charge is -2.41. The smallest absolute Gasteiger partial charge is 0.152 e. The number of aromatic amines is 1. The largest absolute Gasteiger partial charge is 0.509 e. The zero-order chi connectivity index (χ0) is 17.2. The van der Waals surface area contributed by atoms with E-state index in [-0.39, 0.29) is 11.3 Å². The van der Waals surface area contributed by atoms with Gasteiger partial charge in [0.15, 0.2) is 5.82 Å². The van der Waals surface area contributed by atoms with Crippen LogP contribution in [-0.2, 0) is 0 Å². The molecular formula is C20H24N4O. The molecule has 2 aliphatic rings. The first-order chi connectivity index (χ1) is 12.2. The Morgan fingerprint density at radius 2 is 2.04 bits per heavy atom. The molecule has 0 bridgehead atoms. The van der Waals surface area contributed by atoms with Gasteiger partial charge in [0.2, 0.25) is 0 Å². The van der Waals surface area contributed by atoms with Gasteiger partial charge in [-0.2, -0.15) is 5.26 Å². The molecule has 1 saturated carbocycles. The van der Waals surface area contributed by atoms with Crippen LogP contribution in [0.1, 0.15) is 37.9 Å². The van der Waals surface area contributed by atoms with Crippen LogP contribution in [-0.4, -0.2) is 39.6 Å². The van der Waals surface area contributed by atoms with Crippen molar-refractivity contribution in [3.8, 4) is 6.07 Å². The van der Waals surface area contributed by atoms with Crippen molar-refractivity contribution in [3.63, 3.8) is 0 Å². The minimum Gasteiger partial charge on any atom is -0.509 e. The van der Waals surface area contributed by atoms with E-state index in [1.165, 1.54) is 32.1 Å². The summed E-state index contributed by atoms with van der Waals surface area (Å²) in [5.41, 5.74) is 1.93. The molecule has 1 saturated heterocycles. The van der Waals surface area contributed by atoms with Gasteiger partial charge in [-0.05, 0) is 43.4 Å². The van der Waals surface area contributed by atoms with Crippen LogP contribution < -0.4 is 0 Å². The van der Waals surface area contributed by atoms with Crippen molar-refractivity contribution in [2.75, 3.05) is 19.6 Å². The minimum absolute atomic E-state index is 0.121. The first-order valence-corrected chi connectivity index (χ1v) is 9.24. The van der Waals surface area contributed by atoms with E-state index in [9.17, 15) is 10.4 Å². The van der Waals surface area contributed by atoms with Gasteiger partial charge in [0, 0.05) is 6.54 Å². The number of benzene rings is 1. The molecule has 4 rings (SSSR count). The number of piperidine rings is 1. The third-order valence-electron chi connectivity index (χ3n) is 5.78. The van der Waals surface area contributed by atoms with Crippen LogP contribution in [0, 0.1) is 23.2 Å². The number of imidazole rings is 1. The molecule has 1 aromatic heterocycles. The molecular weight excluding hydrogens is 312 g/mol. The number of aromatic nitrogens is 2. The summed E-state index contributed by atoms with van der Waals surface area (Å²) in [5, 5.41) is 20.1. The molecule has 1 aromatic carbocycles. The molecule has 0 radical (unpaired) electrons. The Labute approximate surface area is 148 Å². The van der Waals surface area contributed by atoms with Crippen molar-refractivity contribution in [3.05, 3.63) is 35.8 Å². The van der Waals surface area contributed by atoms with Crippen molar-refractivity contribution in [1.82, 2.24) is 14.9 Å². The van der Waals surface area contributed by atoms with E-state index in [4.69, 9.17) is 0 Å². The molecule has 2 heterocycles. The van der Waals surface area contributed by atoms with Crippen molar-refractivity contribution >= 4 is 16.6 Å². The predicted molar refractivity (Wildman–Crippen MR) is 97.8 cm³/mol. The fourth-order valence-corrected chi connectivity index (χ4v) is 4.44. The van der Waals surface area contributed by atoms with Crippen molar-refractivity contribution in [2.45, 2.75) is 32.1 Å². The highest BCUT2D eigenvalue weighted by atomic mass is 16.3. The normalized spacial score (nSPS) is 25.2. The maximum Gasteiger partial charge on any atom is 0.152 e. The Bertz CT molecular complexity index is 799. The number of aliphatic hydroxyl groups is 1. The van der Waals surface area contributed by atoms with Gasteiger partial charge < -0.3 is 10.1 Å². The van der Waals surface area contributed by atoms with Crippen LogP contribution in [0.2, 0.25) is 0 Å². The number of rotatable bonds is 3. The van der Waals surface area contributed by atoms with Crippen molar-refractivity contribution < 1.29 is 5.11 Å². The Kier molecular flexibility index (Phi) is 4.46. The van der Waals surface area contributed by atoms with Gasteiger partial charge in [0.25, 0.3) is 0 Å². The summed E-state index contributed by atoms with van der Waals surface area (Å²) in [4.78, 5) is 9.88. The van der Waals surface area contributed by atoms with Crippen molar-refractivity contribution in [1.29, 1.82) is 5.26 Å². The van der Waals surface area contributed by atoms with E-state index in [0.717, 1.165) is 36.0 Å². The lowest BCUT2D eigenvalue weighted by Crippen LogP contribution is -2.42. The lowest BCUT2D eigenvalue weighted by molar-refractivity contribution is 0.0862. The molecule has 1 aliphatic carbocycles. The number of fused-ring (bicyclic) bond motifs is 2. The third-order valence-corrected chi connectivity index (χ3v) is 5.78. The second-order valence-corrected chi connectivity index (χ2v) is 7.36. The topological polar surface area (TPSA) is 75.9 Å². The summed E-state index contributed by atoms with van der Waals surface area (Å²) in [6, 6.07) is 9.79. The number of para-hydroxylation sites is 2. The molecule has 0 unspecified atom stereocenters. The fraction of sp³-hybridized carbons (Fsp3) is 0.500. The number of likely N-dealkylation sites (tertiary alicyclic amines) is 1. The van der Waals surface area contributed by atoms with E-state index in [0.29, 0.717) is 12.4 Å². The maximum absolute atomic E-state index is 10.6. The molecule has 0 spiro atoms. The molecule has 2 N–H and O–H groups in total. The van der Waals surface area contributed by atoms with Gasteiger partial charge in [0.05, 0.1) is 17.6 Å². The summed E-state index contributed by atoms with van der Waals surface area (Å²) in [6.45, 7) is 2.47. The maximum atomic E-state index is 10.6. The van der Waals surface area contributed by atoms with Crippen LogP contribution >= 0.6 is 0 Å². The lowest BCUT2D eigenvalue weighted by atomic mass is 9.75. The van der Waals surface area contributed by atoms with Crippen molar-refractivity contribution in [2.24, 2.45) is 11.8 Å². The van der Waals surface area contributed by atoms with E-state index in [1.54, 1.807) is 0 Å². The Hall–Kier alpha value is -2.32. The third kappa shape index (κ3) is 3.27. The van der Waals surface area contributed by atoms with E-state index < -0.39 is 0 Å². The first kappa shape index (κ1) is 16.2. The number of allylic oxidation sites excluding steroid dienone is 1. The molecule has 1 aliphatic heterocycles. The molecule has 2 atom stereocenters. The Morgan fingerprint density at radius 3 is 2.84 bits per heavy atom. The molecule has 0 amide bonds. The van der Waals surface area contributed by atoms with Gasteiger partial charge in [-0.25, -0.2) is 4.98 Å². The average molecular weight is 336 g/mol. The number of nitrogens with one attached hydrogen (secondary N) is 1. The monoisotopic (exact) mass is 336 g/mol. The number of nitrogens with zero attached hydrogens (tertiary/aromatic N) is 3. The van der Waals surface area contributed by atoms with Crippen LogP contribution in [0.3, 0.4) is 0 Å². The highest BCUT2D eigenvalue weighted by Crippen LogP contribution is 2.36. The van der Waals surface area contributed by atoms with E-state index >= 15 is 0 Å². The molecule has 2 aromatic rings. The number of hydrogen-bond donors (Lipinski definition) is 2. The van der Waals surface area contributed by atoms with Gasteiger partial charge in [0.1, 0.15) is 17.4 Å². The quantitative estimate of drug-likeness (QED) is 0.659. The van der Waals surface area contributed by atoms with Crippen LogP contribution in [0.5, 0.6) is 0 Å². The standard InChI is InChI=1S/C20H24N4O/c21-11-16(20-22-17-7-3-4-8-18(17)23-20)19(25)13-24-10-9-14-5-1-2-6-15(14)12-24/h3-4,7-8,14-15,25H,1-2,5-6,9-10,12-13H2,(H,22,23)/t14-,15+/m0/s1. The second-order valence-electron chi connectivity index (χ2n) is 7.36. The molecule has 5 nitrogen and oxygen atoms in total. The van der Waals surface area contributed by atoms with Gasteiger partial charge >= 0.3 is 0 Å². The second kappa shape index (κ2) is 6.89. The number of aliphatic hydroxyl groups excluding tert-OH is 1. The highest BCUT2D eigenvalue weighted by Gasteiger charge is 2.31. The van der Waals surface area contributed by atoms with Crippen LogP contribution in [0.15, 0.2) is 30.0 Å². The van der Waals surface area contributed by atoms with Crippen LogP contribution in [0.4, 0.5) is 0 Å². The predicted octanol–water partition coefficient (Wildman–Crippen LogP) is 3.87. The van der Waals surface area contributed by atoms with Crippen LogP contribution in [0.25, 0.3) is 16.6 Å². The first-order valence-electron chi connectivity index (χ1n) is 9.24. The molecule has 130 valence electrons. The van der Waals surface area contributed by atoms with Gasteiger partial charge in [-0.3, -0.25) is 4.90 Å². The summed E-state index contributed by atoms with van der Waals surface area (Å²) in [6.07, 6.45) is 6.59. The molecule has 5 heteroatoms. The summed E-state index contributed by atoms with van der Waals surface area (Å²) in [5.74, 6) is 2.19. The SMILES string of the molecule is N#CC(=C(O)CN1CC[C@@H]2CCCC[C@@H]2C1)c1nc2ccccc2[nH]1. The summed E-state index contributed by atoms with van der Waals surface area (Å²) >= 11 is 0. The number of nitriles is 1. The zero-order valence-corrected chi connectivity index (χ0v) is 14.4. The zero-order valence-electron chi connectivity index (χ0n) is 14.4. The summed E-state index contributed by atoms with van der Waals surface area (Å²) in [7, 11) is 0. The average Bonchev–Trinajstić information content (AvgIpc) is 3.05. The van der Waals surface area contributed by atoms with Gasteiger partial charge in [-0.1, -0.05) is 31.4 Å². The number of hydrogen-bond acceptors (Lipinski definition) is 4. The van der Waals surface area contributed by atoms with E-state index in [1.807, 2.05) is 24.3 Å².